The lowest BCUT2D eigenvalue weighted by Crippen LogP contribution is -2.04. The van der Waals surface area contributed by atoms with Crippen molar-refractivity contribution >= 4 is 12.2 Å². The molecule has 0 radical (unpaired) electrons. The maximum Gasteiger partial charge on any atom is 0.416 e. The van der Waals surface area contributed by atoms with E-state index in [9.17, 15) is 23.4 Å². The van der Waals surface area contributed by atoms with Crippen LogP contribution < -0.4 is 0 Å². The van der Waals surface area contributed by atoms with Crippen LogP contribution in [-0.2, 0) is 12.6 Å². The van der Waals surface area contributed by atoms with E-state index in [-0.39, 0.29) is 11.5 Å². The van der Waals surface area contributed by atoms with Gasteiger partial charge in [-0.3, -0.25) is 0 Å². The Hall–Kier alpha value is -2.95. The Balaban J connectivity index is 2.13. The van der Waals surface area contributed by atoms with E-state index in [1.54, 1.807) is 12.1 Å². The highest BCUT2D eigenvalue weighted by Gasteiger charge is 2.30. The molecule has 0 aliphatic heterocycles. The SMILES string of the molecule is CC(C)=CCC/C(C)=C/Cc1c(O)cc(/C=C/c2cccc(C(F)(F)F)c2)cc1O. The van der Waals surface area contributed by atoms with Gasteiger partial charge in [0.25, 0.3) is 0 Å². The molecule has 2 rings (SSSR count). The largest absolute Gasteiger partial charge is 0.507 e. The molecule has 0 saturated carbocycles. The first-order valence-corrected chi connectivity index (χ1v) is 9.75. The van der Waals surface area contributed by atoms with Crippen molar-refractivity contribution in [3.8, 4) is 11.5 Å². The van der Waals surface area contributed by atoms with Gasteiger partial charge < -0.3 is 10.2 Å². The quantitative estimate of drug-likeness (QED) is 0.362. The molecule has 2 N–H and O–H groups in total. The molecule has 0 unspecified atom stereocenters. The Morgan fingerprint density at radius 1 is 0.900 bits per heavy atom. The maximum atomic E-state index is 12.8. The highest BCUT2D eigenvalue weighted by atomic mass is 19.4. The fourth-order valence-electron chi connectivity index (χ4n) is 2.95. The molecule has 0 saturated heterocycles. The molecule has 0 atom stereocenters. The van der Waals surface area contributed by atoms with Crippen LogP contribution in [0, 0.1) is 0 Å². The number of aromatic hydroxyl groups is 2. The number of alkyl halides is 3. The van der Waals surface area contributed by atoms with Crippen LogP contribution in [0.2, 0.25) is 0 Å². The third kappa shape index (κ3) is 7.14. The summed E-state index contributed by atoms with van der Waals surface area (Å²) in [4.78, 5) is 0. The minimum Gasteiger partial charge on any atom is -0.507 e. The summed E-state index contributed by atoms with van der Waals surface area (Å²) >= 11 is 0. The van der Waals surface area contributed by atoms with Gasteiger partial charge in [-0.25, -0.2) is 0 Å². The molecule has 0 spiro atoms. The zero-order valence-corrected chi connectivity index (χ0v) is 17.4. The van der Waals surface area contributed by atoms with Gasteiger partial charge in [-0.05, 0) is 75.4 Å². The number of halogens is 3. The van der Waals surface area contributed by atoms with Gasteiger partial charge in [-0.15, -0.1) is 0 Å². The van der Waals surface area contributed by atoms with Crippen LogP contribution in [0.4, 0.5) is 13.2 Å². The van der Waals surface area contributed by atoms with Gasteiger partial charge in [0.15, 0.2) is 0 Å². The number of phenolic OH excluding ortho intramolecular Hbond substituents is 2. The van der Waals surface area contributed by atoms with Crippen molar-refractivity contribution in [3.63, 3.8) is 0 Å². The second-order valence-electron chi connectivity index (χ2n) is 7.57. The van der Waals surface area contributed by atoms with Crippen LogP contribution in [-0.4, -0.2) is 10.2 Å². The highest BCUT2D eigenvalue weighted by Crippen LogP contribution is 2.32. The predicted molar refractivity (Wildman–Crippen MR) is 116 cm³/mol. The Morgan fingerprint density at radius 3 is 2.13 bits per heavy atom. The van der Waals surface area contributed by atoms with E-state index in [4.69, 9.17) is 0 Å². The van der Waals surface area contributed by atoms with Gasteiger partial charge in [-0.1, -0.05) is 47.6 Å². The smallest absolute Gasteiger partial charge is 0.416 e. The zero-order chi connectivity index (χ0) is 22.3. The second kappa shape index (κ2) is 10.2. The second-order valence-corrected chi connectivity index (χ2v) is 7.57. The third-order valence-electron chi connectivity index (χ3n) is 4.65. The molecule has 0 fully saturated rings. The van der Waals surface area contributed by atoms with Crippen molar-refractivity contribution in [1.82, 2.24) is 0 Å². The Kier molecular flexibility index (Phi) is 7.93. The van der Waals surface area contributed by atoms with E-state index in [1.165, 1.54) is 35.4 Å². The molecule has 2 aromatic rings. The van der Waals surface area contributed by atoms with Gasteiger partial charge >= 0.3 is 6.18 Å². The average Bonchev–Trinajstić information content (AvgIpc) is 2.65. The molecule has 0 bridgehead atoms. The van der Waals surface area contributed by atoms with Crippen molar-refractivity contribution in [1.29, 1.82) is 0 Å². The number of phenols is 2. The molecule has 2 aromatic carbocycles. The Bertz CT molecular complexity index is 940. The molecule has 5 heteroatoms. The molecule has 160 valence electrons. The summed E-state index contributed by atoms with van der Waals surface area (Å²) in [6.45, 7) is 6.12. The molecule has 0 aliphatic carbocycles. The summed E-state index contributed by atoms with van der Waals surface area (Å²) in [6, 6.07) is 7.94. The molecule has 0 amide bonds. The summed E-state index contributed by atoms with van der Waals surface area (Å²) < 4.78 is 38.5. The summed E-state index contributed by atoms with van der Waals surface area (Å²) in [5, 5.41) is 20.6. The van der Waals surface area contributed by atoms with Gasteiger partial charge in [-0.2, -0.15) is 13.2 Å². The lowest BCUT2D eigenvalue weighted by molar-refractivity contribution is -0.137. The molecular weight excluding hydrogens is 389 g/mol. The molecule has 30 heavy (non-hydrogen) atoms. The third-order valence-corrected chi connectivity index (χ3v) is 4.65. The van der Waals surface area contributed by atoms with Crippen molar-refractivity contribution in [2.24, 2.45) is 0 Å². The molecule has 2 nitrogen and oxygen atoms in total. The topological polar surface area (TPSA) is 40.5 Å². The monoisotopic (exact) mass is 416 g/mol. The van der Waals surface area contributed by atoms with Crippen molar-refractivity contribution in [2.75, 3.05) is 0 Å². The number of allylic oxidation sites excluding steroid dienone is 4. The van der Waals surface area contributed by atoms with Crippen LogP contribution in [0.1, 0.15) is 55.9 Å². The first kappa shape index (κ1) is 23.3. The van der Waals surface area contributed by atoms with E-state index in [2.05, 4.69) is 19.9 Å². The fraction of sp³-hybridized carbons (Fsp3) is 0.280. The minimum atomic E-state index is -4.40. The Morgan fingerprint density at radius 2 is 1.53 bits per heavy atom. The lowest BCUT2D eigenvalue weighted by Gasteiger charge is -2.08. The first-order chi connectivity index (χ1) is 14.1. The van der Waals surface area contributed by atoms with Crippen molar-refractivity contribution in [2.45, 2.75) is 46.2 Å². The van der Waals surface area contributed by atoms with E-state index in [0.29, 0.717) is 23.1 Å². The van der Waals surface area contributed by atoms with E-state index >= 15 is 0 Å². The summed E-state index contributed by atoms with van der Waals surface area (Å²) in [6.07, 6.45) is 5.06. The van der Waals surface area contributed by atoms with Crippen LogP contribution in [0.3, 0.4) is 0 Å². The van der Waals surface area contributed by atoms with E-state index in [0.717, 1.165) is 25.0 Å². The van der Waals surface area contributed by atoms with Crippen LogP contribution in [0.25, 0.3) is 12.2 Å². The van der Waals surface area contributed by atoms with Gasteiger partial charge in [0.1, 0.15) is 11.5 Å². The number of hydrogen-bond donors (Lipinski definition) is 2. The predicted octanol–water partition coefficient (Wildman–Crippen LogP) is 7.52. The van der Waals surface area contributed by atoms with Crippen LogP contribution in [0.5, 0.6) is 11.5 Å². The summed E-state index contributed by atoms with van der Waals surface area (Å²) in [5.74, 6) is -0.0981. The van der Waals surface area contributed by atoms with Crippen molar-refractivity contribution in [3.05, 3.63) is 82.0 Å². The van der Waals surface area contributed by atoms with Crippen LogP contribution >= 0.6 is 0 Å². The van der Waals surface area contributed by atoms with E-state index in [1.807, 2.05) is 13.0 Å². The molecule has 0 aromatic heterocycles. The maximum absolute atomic E-state index is 12.8. The van der Waals surface area contributed by atoms with Gasteiger partial charge in [0.05, 0.1) is 5.56 Å². The summed E-state index contributed by atoms with van der Waals surface area (Å²) in [5.41, 5.74) is 3.01. The average molecular weight is 416 g/mol. The number of benzene rings is 2. The Labute approximate surface area is 175 Å². The fourth-order valence-corrected chi connectivity index (χ4v) is 2.95. The molecular formula is C25H27F3O2. The molecule has 0 heterocycles. The van der Waals surface area contributed by atoms with Crippen molar-refractivity contribution < 1.29 is 23.4 Å². The lowest BCUT2D eigenvalue weighted by atomic mass is 10.0. The van der Waals surface area contributed by atoms with E-state index < -0.39 is 11.7 Å². The van der Waals surface area contributed by atoms with Gasteiger partial charge in [0, 0.05) is 5.56 Å². The number of hydrogen-bond acceptors (Lipinski definition) is 2. The standard InChI is InChI=1S/C25H27F3O2/c1-17(2)6-4-7-18(3)10-13-22-23(29)15-20(16-24(22)30)12-11-19-8-5-9-21(14-19)25(26,27)28/h5-6,8-12,14-16,29-30H,4,7,13H2,1-3H3/b12-11+,18-10+. The zero-order valence-electron chi connectivity index (χ0n) is 17.4. The minimum absolute atomic E-state index is 0.0490. The highest BCUT2D eigenvalue weighted by molar-refractivity contribution is 5.72. The first-order valence-electron chi connectivity index (χ1n) is 9.75. The summed E-state index contributed by atoms with van der Waals surface area (Å²) in [7, 11) is 0. The normalized spacial score (nSPS) is 12.4. The van der Waals surface area contributed by atoms with Crippen LogP contribution in [0.15, 0.2) is 59.7 Å². The van der Waals surface area contributed by atoms with Gasteiger partial charge in [0.2, 0.25) is 0 Å². The molecule has 0 aliphatic rings. The number of rotatable bonds is 7.